The van der Waals surface area contributed by atoms with E-state index in [0.717, 1.165) is 0 Å². The summed E-state index contributed by atoms with van der Waals surface area (Å²) < 4.78 is 48.0. The number of nitrogens with one attached hydrogen (secondary N) is 1. The molecule has 0 bridgehead atoms. The van der Waals surface area contributed by atoms with E-state index in [0.29, 0.717) is 12.0 Å². The third kappa shape index (κ3) is 4.81. The average molecular weight is 256 g/mol. The molecule has 90 valence electrons. The molecule has 0 aliphatic heterocycles. The summed E-state index contributed by atoms with van der Waals surface area (Å²) >= 11 is 5.52. The van der Waals surface area contributed by atoms with Gasteiger partial charge in [-0.15, -0.1) is 0 Å². The van der Waals surface area contributed by atoms with Crippen LogP contribution in [0.25, 0.3) is 0 Å². The van der Waals surface area contributed by atoms with Crippen molar-refractivity contribution in [1.82, 2.24) is 5.32 Å². The van der Waals surface area contributed by atoms with Gasteiger partial charge in [0.1, 0.15) is 5.82 Å². The molecule has 0 saturated heterocycles. The van der Waals surface area contributed by atoms with Gasteiger partial charge >= 0.3 is 6.18 Å². The molecule has 1 N–H and O–H groups in total. The first-order chi connectivity index (χ1) is 7.38. The minimum atomic E-state index is -4.21. The van der Waals surface area contributed by atoms with Crippen LogP contribution in [0.2, 0.25) is 5.02 Å². The van der Waals surface area contributed by atoms with Crippen molar-refractivity contribution in [3.63, 3.8) is 0 Å². The summed E-state index contributed by atoms with van der Waals surface area (Å²) in [5, 5.41) is 2.23. The van der Waals surface area contributed by atoms with Crippen LogP contribution in [0.5, 0.6) is 0 Å². The van der Waals surface area contributed by atoms with E-state index in [-0.39, 0.29) is 11.6 Å². The second-order valence-electron chi connectivity index (χ2n) is 3.29. The lowest BCUT2D eigenvalue weighted by Crippen LogP contribution is -2.30. The molecule has 1 nitrogen and oxygen atoms in total. The zero-order chi connectivity index (χ0) is 12.2. The molecule has 0 radical (unpaired) electrons. The van der Waals surface area contributed by atoms with Crippen LogP contribution in [0.1, 0.15) is 5.56 Å². The summed E-state index contributed by atoms with van der Waals surface area (Å²) in [6.45, 7) is -0.858. The molecular weight excluding hydrogens is 246 g/mol. The standard InChI is InChI=1S/C10H10ClF4N/c11-8-5-7(1-2-9(8)12)3-4-16-6-10(13,14)15/h1-2,5,16H,3-4,6H2. The molecule has 0 aliphatic rings. The highest BCUT2D eigenvalue weighted by Gasteiger charge is 2.25. The van der Waals surface area contributed by atoms with Crippen molar-refractivity contribution >= 4 is 11.6 Å². The first kappa shape index (κ1) is 13.3. The smallest absolute Gasteiger partial charge is 0.308 e. The molecule has 0 heterocycles. The first-order valence-electron chi connectivity index (χ1n) is 4.60. The van der Waals surface area contributed by atoms with E-state index < -0.39 is 18.5 Å². The summed E-state index contributed by atoms with van der Waals surface area (Å²) in [4.78, 5) is 0. The number of benzene rings is 1. The Kier molecular flexibility index (Phi) is 4.56. The fourth-order valence-electron chi connectivity index (χ4n) is 1.16. The minimum absolute atomic E-state index is 0.0201. The molecule has 0 saturated carbocycles. The number of hydrogen-bond acceptors (Lipinski definition) is 1. The fourth-order valence-corrected chi connectivity index (χ4v) is 1.36. The van der Waals surface area contributed by atoms with Crippen LogP contribution in [0.15, 0.2) is 18.2 Å². The van der Waals surface area contributed by atoms with Gasteiger partial charge in [-0.05, 0) is 30.7 Å². The molecule has 0 aliphatic carbocycles. The fraction of sp³-hybridized carbons (Fsp3) is 0.400. The predicted molar refractivity (Wildman–Crippen MR) is 54.0 cm³/mol. The van der Waals surface area contributed by atoms with Crippen molar-refractivity contribution in [3.8, 4) is 0 Å². The maximum atomic E-state index is 12.7. The lowest BCUT2D eigenvalue weighted by molar-refractivity contribution is -0.124. The predicted octanol–water partition coefficient (Wildman–Crippen LogP) is 3.17. The van der Waals surface area contributed by atoms with Crippen molar-refractivity contribution in [2.45, 2.75) is 12.6 Å². The summed E-state index contributed by atoms with van der Waals surface area (Å²) in [7, 11) is 0. The van der Waals surface area contributed by atoms with Gasteiger partial charge in [-0.25, -0.2) is 4.39 Å². The van der Waals surface area contributed by atoms with Gasteiger partial charge < -0.3 is 5.32 Å². The maximum absolute atomic E-state index is 12.7. The van der Waals surface area contributed by atoms with Crippen LogP contribution in [0, 0.1) is 5.82 Å². The van der Waals surface area contributed by atoms with Crippen molar-refractivity contribution in [3.05, 3.63) is 34.6 Å². The van der Waals surface area contributed by atoms with E-state index in [1.54, 1.807) is 0 Å². The highest BCUT2D eigenvalue weighted by molar-refractivity contribution is 6.30. The van der Waals surface area contributed by atoms with Crippen LogP contribution in [0.3, 0.4) is 0 Å². The molecule has 16 heavy (non-hydrogen) atoms. The normalized spacial score (nSPS) is 11.8. The van der Waals surface area contributed by atoms with Crippen LogP contribution < -0.4 is 5.32 Å². The molecular formula is C10H10ClF4N. The second kappa shape index (κ2) is 5.50. The zero-order valence-corrected chi connectivity index (χ0v) is 9.00. The van der Waals surface area contributed by atoms with Crippen LogP contribution in [-0.4, -0.2) is 19.3 Å². The summed E-state index contributed by atoms with van der Waals surface area (Å²) in [6.07, 6.45) is -3.84. The third-order valence-corrected chi connectivity index (χ3v) is 2.19. The topological polar surface area (TPSA) is 12.0 Å². The van der Waals surface area contributed by atoms with E-state index in [1.807, 2.05) is 0 Å². The lowest BCUT2D eigenvalue weighted by Gasteiger charge is -2.08. The molecule has 0 amide bonds. The van der Waals surface area contributed by atoms with Gasteiger partial charge in [-0.2, -0.15) is 13.2 Å². The Morgan fingerprint density at radius 3 is 2.50 bits per heavy atom. The molecule has 0 aromatic heterocycles. The summed E-state index contributed by atoms with van der Waals surface area (Å²) in [6, 6.07) is 4.10. The summed E-state index contributed by atoms with van der Waals surface area (Å²) in [5.74, 6) is -0.534. The van der Waals surface area contributed by atoms with Gasteiger partial charge in [0.25, 0.3) is 0 Å². The number of halogens is 5. The molecule has 1 aromatic rings. The second-order valence-corrected chi connectivity index (χ2v) is 3.70. The molecule has 1 rings (SSSR count). The first-order valence-corrected chi connectivity index (χ1v) is 4.98. The quantitative estimate of drug-likeness (QED) is 0.644. The van der Waals surface area contributed by atoms with Gasteiger partial charge in [-0.1, -0.05) is 17.7 Å². The minimum Gasteiger partial charge on any atom is -0.308 e. The van der Waals surface area contributed by atoms with Crippen molar-refractivity contribution < 1.29 is 17.6 Å². The Labute approximate surface area is 95.4 Å². The van der Waals surface area contributed by atoms with E-state index in [1.165, 1.54) is 18.2 Å². The Hall–Kier alpha value is -0.810. The van der Waals surface area contributed by atoms with Crippen LogP contribution >= 0.6 is 11.6 Å². The van der Waals surface area contributed by atoms with Crippen molar-refractivity contribution in [1.29, 1.82) is 0 Å². The highest BCUT2D eigenvalue weighted by Crippen LogP contribution is 2.16. The van der Waals surface area contributed by atoms with E-state index in [9.17, 15) is 17.6 Å². The van der Waals surface area contributed by atoms with Gasteiger partial charge in [-0.3, -0.25) is 0 Å². The Morgan fingerprint density at radius 1 is 1.25 bits per heavy atom. The van der Waals surface area contributed by atoms with E-state index >= 15 is 0 Å². The SMILES string of the molecule is Fc1ccc(CCNCC(F)(F)F)cc1Cl. The molecule has 0 unspecified atom stereocenters. The lowest BCUT2D eigenvalue weighted by atomic mass is 10.1. The Morgan fingerprint density at radius 2 is 1.94 bits per heavy atom. The zero-order valence-electron chi connectivity index (χ0n) is 8.24. The van der Waals surface area contributed by atoms with E-state index in [4.69, 9.17) is 11.6 Å². The largest absolute Gasteiger partial charge is 0.401 e. The van der Waals surface area contributed by atoms with E-state index in [2.05, 4.69) is 5.32 Å². The van der Waals surface area contributed by atoms with Crippen LogP contribution in [-0.2, 0) is 6.42 Å². The van der Waals surface area contributed by atoms with Gasteiger partial charge in [0.15, 0.2) is 0 Å². The molecule has 1 aromatic carbocycles. The van der Waals surface area contributed by atoms with Gasteiger partial charge in [0.2, 0.25) is 0 Å². The number of rotatable bonds is 4. The third-order valence-electron chi connectivity index (χ3n) is 1.90. The van der Waals surface area contributed by atoms with Gasteiger partial charge in [0, 0.05) is 0 Å². The molecule has 6 heteroatoms. The molecule has 0 spiro atoms. The maximum Gasteiger partial charge on any atom is 0.401 e. The number of alkyl halides is 3. The monoisotopic (exact) mass is 255 g/mol. The van der Waals surface area contributed by atoms with Gasteiger partial charge in [0.05, 0.1) is 11.6 Å². The summed E-state index contributed by atoms with van der Waals surface area (Å²) in [5.41, 5.74) is 0.695. The molecule has 0 fully saturated rings. The van der Waals surface area contributed by atoms with Crippen molar-refractivity contribution in [2.75, 3.05) is 13.1 Å². The Balaban J connectivity index is 2.35. The molecule has 0 atom stereocenters. The Bertz CT molecular complexity index is 351. The average Bonchev–Trinajstić information content (AvgIpc) is 2.17. The number of hydrogen-bond donors (Lipinski definition) is 1. The van der Waals surface area contributed by atoms with Crippen molar-refractivity contribution in [2.24, 2.45) is 0 Å². The highest BCUT2D eigenvalue weighted by atomic mass is 35.5. The van der Waals surface area contributed by atoms with Crippen LogP contribution in [0.4, 0.5) is 17.6 Å².